The molecule has 0 saturated heterocycles. The van der Waals surface area contributed by atoms with Crippen molar-refractivity contribution < 1.29 is 14.3 Å². The van der Waals surface area contributed by atoms with Crippen LogP contribution in [0.2, 0.25) is 0 Å². The average Bonchev–Trinajstić information content (AvgIpc) is 2.32. The molecule has 0 rings (SSSR count). The van der Waals surface area contributed by atoms with E-state index in [1.165, 1.54) is 0 Å². The van der Waals surface area contributed by atoms with Gasteiger partial charge in [0.05, 0.1) is 6.61 Å². The summed E-state index contributed by atoms with van der Waals surface area (Å²) in [6, 6.07) is -0.167. The third kappa shape index (κ3) is 9.42. The van der Waals surface area contributed by atoms with E-state index in [1.807, 2.05) is 6.92 Å². The molecule has 1 atom stereocenters. The highest BCUT2D eigenvalue weighted by Crippen LogP contribution is 2.00. The second-order valence-electron chi connectivity index (χ2n) is 4.87. The maximum atomic E-state index is 11.6. The lowest BCUT2D eigenvalue weighted by atomic mass is 10.1. The minimum Gasteiger partial charge on any atom is -0.465 e. The minimum absolute atomic E-state index is 0.137. The van der Waals surface area contributed by atoms with Gasteiger partial charge in [-0.1, -0.05) is 27.2 Å². The van der Waals surface area contributed by atoms with Crippen molar-refractivity contribution in [3.63, 3.8) is 0 Å². The zero-order valence-corrected chi connectivity index (χ0v) is 12.3. The normalized spacial score (nSPS) is 12.7. The summed E-state index contributed by atoms with van der Waals surface area (Å²) in [7, 11) is 0. The predicted molar refractivity (Wildman–Crippen MR) is 73.6 cm³/mol. The van der Waals surface area contributed by atoms with Crippen LogP contribution in [-0.2, 0) is 14.3 Å². The molecule has 4 heteroatoms. The summed E-state index contributed by atoms with van der Waals surface area (Å²) >= 11 is 0. The van der Waals surface area contributed by atoms with Crippen molar-refractivity contribution in [2.45, 2.75) is 53.0 Å². The molecule has 0 aromatic rings. The van der Waals surface area contributed by atoms with Crippen LogP contribution in [-0.4, -0.2) is 38.4 Å². The van der Waals surface area contributed by atoms with Crippen LogP contribution in [0, 0.1) is 5.92 Å². The van der Waals surface area contributed by atoms with E-state index in [9.17, 15) is 4.79 Å². The molecule has 108 valence electrons. The molecule has 0 aliphatic rings. The molecular weight excluding hydrogens is 230 g/mol. The fourth-order valence-corrected chi connectivity index (χ4v) is 1.60. The summed E-state index contributed by atoms with van der Waals surface area (Å²) < 4.78 is 10.5. The Labute approximate surface area is 111 Å². The number of esters is 1. The fourth-order valence-electron chi connectivity index (χ4n) is 1.60. The van der Waals surface area contributed by atoms with Crippen LogP contribution in [0.1, 0.15) is 47.0 Å². The van der Waals surface area contributed by atoms with Crippen molar-refractivity contribution in [3.8, 4) is 0 Å². The minimum atomic E-state index is -0.167. The third-order valence-corrected chi connectivity index (χ3v) is 2.46. The van der Waals surface area contributed by atoms with Crippen LogP contribution in [0.25, 0.3) is 0 Å². The molecule has 18 heavy (non-hydrogen) atoms. The maximum absolute atomic E-state index is 11.6. The molecule has 4 nitrogen and oxygen atoms in total. The van der Waals surface area contributed by atoms with Gasteiger partial charge in [-0.15, -0.1) is 0 Å². The summed E-state index contributed by atoms with van der Waals surface area (Å²) in [6.45, 7) is 11.0. The molecule has 1 N–H and O–H groups in total. The standard InChI is InChI=1S/C14H29NO3/c1-5-8-13(14(16)18-6-2)15-9-7-10-17-11-12(3)4/h12-13,15H,5-11H2,1-4H3. The Morgan fingerprint density at radius 1 is 1.28 bits per heavy atom. The number of carbonyl (C=O) groups is 1. The molecule has 0 spiro atoms. The van der Waals surface area contributed by atoms with Crippen molar-refractivity contribution in [3.05, 3.63) is 0 Å². The van der Waals surface area contributed by atoms with Gasteiger partial charge in [0, 0.05) is 13.2 Å². The summed E-state index contributed by atoms with van der Waals surface area (Å²) in [6.07, 6.45) is 2.72. The summed E-state index contributed by atoms with van der Waals surface area (Å²) in [5, 5.41) is 3.24. The zero-order chi connectivity index (χ0) is 13.8. The highest BCUT2D eigenvalue weighted by atomic mass is 16.5. The Bertz CT molecular complexity index is 207. The number of nitrogens with one attached hydrogen (secondary N) is 1. The first-order valence-corrected chi connectivity index (χ1v) is 7.09. The van der Waals surface area contributed by atoms with Gasteiger partial charge in [0.1, 0.15) is 6.04 Å². The molecular formula is C14H29NO3. The number of hydrogen-bond acceptors (Lipinski definition) is 4. The lowest BCUT2D eigenvalue weighted by Crippen LogP contribution is -2.38. The Balaban J connectivity index is 3.66. The van der Waals surface area contributed by atoms with Crippen molar-refractivity contribution in [1.82, 2.24) is 5.32 Å². The van der Waals surface area contributed by atoms with Gasteiger partial charge in [0.15, 0.2) is 0 Å². The van der Waals surface area contributed by atoms with E-state index in [0.29, 0.717) is 12.5 Å². The molecule has 0 saturated carbocycles. The fraction of sp³-hybridized carbons (Fsp3) is 0.929. The number of rotatable bonds is 11. The second-order valence-corrected chi connectivity index (χ2v) is 4.87. The van der Waals surface area contributed by atoms with Gasteiger partial charge < -0.3 is 14.8 Å². The Kier molecular flexibility index (Phi) is 11.1. The number of carbonyl (C=O) groups excluding carboxylic acids is 1. The van der Waals surface area contributed by atoms with Crippen molar-refractivity contribution in [2.75, 3.05) is 26.4 Å². The molecule has 0 aromatic carbocycles. The first kappa shape index (κ1) is 17.4. The van der Waals surface area contributed by atoms with Gasteiger partial charge in [-0.3, -0.25) is 4.79 Å². The van der Waals surface area contributed by atoms with Crippen molar-refractivity contribution in [1.29, 1.82) is 0 Å². The van der Waals surface area contributed by atoms with Crippen LogP contribution in [0.15, 0.2) is 0 Å². The average molecular weight is 259 g/mol. The zero-order valence-electron chi connectivity index (χ0n) is 12.3. The second kappa shape index (κ2) is 11.5. The van der Waals surface area contributed by atoms with Gasteiger partial charge in [0.2, 0.25) is 0 Å². The molecule has 0 aliphatic carbocycles. The van der Waals surface area contributed by atoms with E-state index in [4.69, 9.17) is 9.47 Å². The largest absolute Gasteiger partial charge is 0.465 e. The lowest BCUT2D eigenvalue weighted by Gasteiger charge is -2.16. The molecule has 0 amide bonds. The summed E-state index contributed by atoms with van der Waals surface area (Å²) in [4.78, 5) is 11.6. The first-order valence-electron chi connectivity index (χ1n) is 7.09. The van der Waals surface area contributed by atoms with E-state index in [0.717, 1.165) is 39.0 Å². The molecule has 0 heterocycles. The summed E-state index contributed by atoms with van der Waals surface area (Å²) in [5.41, 5.74) is 0. The molecule has 0 fully saturated rings. The van der Waals surface area contributed by atoms with Crippen LogP contribution < -0.4 is 5.32 Å². The summed E-state index contributed by atoms with van der Waals surface area (Å²) in [5.74, 6) is 0.438. The van der Waals surface area contributed by atoms with Crippen LogP contribution in [0.4, 0.5) is 0 Å². The molecule has 0 radical (unpaired) electrons. The van der Waals surface area contributed by atoms with Gasteiger partial charge in [0.25, 0.3) is 0 Å². The van der Waals surface area contributed by atoms with E-state index in [2.05, 4.69) is 26.1 Å². The van der Waals surface area contributed by atoms with Gasteiger partial charge in [-0.05, 0) is 32.2 Å². The van der Waals surface area contributed by atoms with E-state index < -0.39 is 0 Å². The highest BCUT2D eigenvalue weighted by molar-refractivity contribution is 5.75. The first-order chi connectivity index (χ1) is 8.61. The SMILES string of the molecule is CCCC(NCCCOCC(C)C)C(=O)OCC. The molecule has 0 aromatic heterocycles. The van der Waals surface area contributed by atoms with E-state index in [1.54, 1.807) is 0 Å². The van der Waals surface area contributed by atoms with Crippen LogP contribution >= 0.6 is 0 Å². The van der Waals surface area contributed by atoms with Crippen molar-refractivity contribution >= 4 is 5.97 Å². The van der Waals surface area contributed by atoms with Gasteiger partial charge in [-0.2, -0.15) is 0 Å². The Morgan fingerprint density at radius 3 is 2.56 bits per heavy atom. The monoisotopic (exact) mass is 259 g/mol. The molecule has 1 unspecified atom stereocenters. The van der Waals surface area contributed by atoms with Crippen LogP contribution in [0.5, 0.6) is 0 Å². The highest BCUT2D eigenvalue weighted by Gasteiger charge is 2.17. The Hall–Kier alpha value is -0.610. The molecule has 0 bridgehead atoms. The van der Waals surface area contributed by atoms with Crippen LogP contribution in [0.3, 0.4) is 0 Å². The van der Waals surface area contributed by atoms with E-state index >= 15 is 0 Å². The lowest BCUT2D eigenvalue weighted by molar-refractivity contribution is -0.145. The third-order valence-electron chi connectivity index (χ3n) is 2.46. The van der Waals surface area contributed by atoms with Gasteiger partial charge in [-0.25, -0.2) is 0 Å². The topological polar surface area (TPSA) is 47.6 Å². The number of ether oxygens (including phenoxy) is 2. The van der Waals surface area contributed by atoms with Crippen molar-refractivity contribution in [2.24, 2.45) is 5.92 Å². The van der Waals surface area contributed by atoms with E-state index in [-0.39, 0.29) is 12.0 Å². The molecule has 0 aliphatic heterocycles. The van der Waals surface area contributed by atoms with Gasteiger partial charge >= 0.3 is 5.97 Å². The smallest absolute Gasteiger partial charge is 0.323 e. The predicted octanol–water partition coefficient (Wildman–Crippen LogP) is 2.37. The maximum Gasteiger partial charge on any atom is 0.323 e. The quantitative estimate of drug-likeness (QED) is 0.457. The Morgan fingerprint density at radius 2 is 2.00 bits per heavy atom. The number of hydrogen-bond donors (Lipinski definition) is 1.